The molecule has 0 aliphatic carbocycles. The van der Waals surface area contributed by atoms with Crippen LogP contribution in [0.15, 0.2) is 12.1 Å². The Morgan fingerprint density at radius 2 is 2.00 bits per heavy atom. The van der Waals surface area contributed by atoms with Gasteiger partial charge in [-0.3, -0.25) is 0 Å². The molecule has 106 valence electrons. The zero-order chi connectivity index (χ0) is 14.1. The van der Waals surface area contributed by atoms with E-state index in [2.05, 4.69) is 16.6 Å². The second-order valence-electron chi connectivity index (χ2n) is 4.35. The van der Waals surface area contributed by atoms with Crippen LogP contribution in [0.3, 0.4) is 0 Å². The van der Waals surface area contributed by atoms with Crippen molar-refractivity contribution in [1.29, 1.82) is 0 Å². The number of pyridine rings is 1. The molecule has 0 saturated heterocycles. The molecule has 0 amide bonds. The zero-order valence-electron chi connectivity index (χ0n) is 11.6. The molecule has 0 bridgehead atoms. The smallest absolute Gasteiger partial charge is 0.356 e. The van der Waals surface area contributed by atoms with Gasteiger partial charge in [-0.1, -0.05) is 32.6 Å². The normalized spacial score (nSPS) is 10.2. The number of hydrogen-bond acceptors (Lipinski definition) is 5. The number of carbonyl (C=O) groups excluding carboxylic acids is 1. The summed E-state index contributed by atoms with van der Waals surface area (Å²) in [7, 11) is 1.31. The maximum Gasteiger partial charge on any atom is 0.356 e. The lowest BCUT2D eigenvalue weighted by molar-refractivity contribution is 0.0593. The third-order valence-electron chi connectivity index (χ3n) is 2.77. The van der Waals surface area contributed by atoms with E-state index < -0.39 is 5.97 Å². The van der Waals surface area contributed by atoms with Gasteiger partial charge in [0.1, 0.15) is 0 Å². The number of ether oxygens (including phenoxy) is 2. The van der Waals surface area contributed by atoms with Gasteiger partial charge >= 0.3 is 5.97 Å². The number of rotatable bonds is 8. The van der Waals surface area contributed by atoms with Crippen molar-refractivity contribution in [3.63, 3.8) is 0 Å². The van der Waals surface area contributed by atoms with Crippen LogP contribution in [0.5, 0.6) is 5.88 Å². The summed E-state index contributed by atoms with van der Waals surface area (Å²) >= 11 is 0. The SMILES string of the molecule is CCCCCCCOc1nc(C(=O)OC)ccc1N. The van der Waals surface area contributed by atoms with E-state index in [4.69, 9.17) is 10.5 Å². The molecule has 5 nitrogen and oxygen atoms in total. The van der Waals surface area contributed by atoms with Crippen LogP contribution in [-0.4, -0.2) is 24.7 Å². The van der Waals surface area contributed by atoms with Crippen LogP contribution < -0.4 is 10.5 Å². The summed E-state index contributed by atoms with van der Waals surface area (Å²) < 4.78 is 10.1. The molecule has 0 radical (unpaired) electrons. The van der Waals surface area contributed by atoms with Gasteiger partial charge in [-0.25, -0.2) is 9.78 Å². The predicted molar refractivity (Wildman–Crippen MR) is 74.2 cm³/mol. The number of unbranched alkanes of at least 4 members (excludes halogenated alkanes) is 4. The first-order valence-electron chi connectivity index (χ1n) is 6.66. The monoisotopic (exact) mass is 266 g/mol. The number of aromatic nitrogens is 1. The lowest BCUT2D eigenvalue weighted by Crippen LogP contribution is -2.08. The molecular formula is C14H22N2O3. The Balaban J connectivity index is 2.46. The Morgan fingerprint density at radius 3 is 2.68 bits per heavy atom. The highest BCUT2D eigenvalue weighted by Gasteiger charge is 2.11. The Labute approximate surface area is 114 Å². The molecule has 19 heavy (non-hydrogen) atoms. The van der Waals surface area contributed by atoms with Gasteiger partial charge in [-0.2, -0.15) is 0 Å². The maximum absolute atomic E-state index is 11.3. The van der Waals surface area contributed by atoms with Crippen LogP contribution in [0, 0.1) is 0 Å². The summed E-state index contributed by atoms with van der Waals surface area (Å²) in [5.74, 6) is -0.189. The van der Waals surface area contributed by atoms with E-state index >= 15 is 0 Å². The molecule has 1 aromatic rings. The Bertz CT molecular complexity index is 408. The topological polar surface area (TPSA) is 74.4 Å². The Kier molecular flexibility index (Phi) is 6.71. The van der Waals surface area contributed by atoms with Crippen LogP contribution >= 0.6 is 0 Å². The van der Waals surface area contributed by atoms with E-state index in [0.29, 0.717) is 18.2 Å². The number of carbonyl (C=O) groups is 1. The standard InChI is InChI=1S/C14H22N2O3/c1-3-4-5-6-7-10-19-13-11(15)8-9-12(16-13)14(17)18-2/h8-9H,3-7,10,15H2,1-2H3. The highest BCUT2D eigenvalue weighted by atomic mass is 16.5. The van der Waals surface area contributed by atoms with Gasteiger partial charge in [0.05, 0.1) is 19.4 Å². The van der Waals surface area contributed by atoms with Crippen molar-refractivity contribution in [2.75, 3.05) is 19.5 Å². The van der Waals surface area contributed by atoms with Crippen molar-refractivity contribution in [2.24, 2.45) is 0 Å². The predicted octanol–water partition coefficient (Wildman–Crippen LogP) is 2.80. The Morgan fingerprint density at radius 1 is 1.26 bits per heavy atom. The highest BCUT2D eigenvalue weighted by Crippen LogP contribution is 2.19. The maximum atomic E-state index is 11.3. The first-order valence-corrected chi connectivity index (χ1v) is 6.66. The number of nitrogens with zero attached hydrogens (tertiary/aromatic N) is 1. The summed E-state index contributed by atoms with van der Waals surface area (Å²) in [5, 5.41) is 0. The summed E-state index contributed by atoms with van der Waals surface area (Å²) in [4.78, 5) is 15.4. The van der Waals surface area contributed by atoms with E-state index in [1.807, 2.05) is 0 Å². The summed E-state index contributed by atoms with van der Waals surface area (Å²) in [6.07, 6.45) is 5.77. The minimum Gasteiger partial charge on any atom is -0.476 e. The van der Waals surface area contributed by atoms with Crippen LogP contribution in [0.4, 0.5) is 5.69 Å². The third kappa shape index (κ3) is 5.16. The summed E-state index contributed by atoms with van der Waals surface area (Å²) in [5.41, 5.74) is 6.39. The fourth-order valence-corrected chi connectivity index (χ4v) is 1.66. The zero-order valence-corrected chi connectivity index (χ0v) is 11.6. The molecule has 2 N–H and O–H groups in total. The van der Waals surface area contributed by atoms with Gasteiger partial charge in [0.2, 0.25) is 5.88 Å². The van der Waals surface area contributed by atoms with Gasteiger partial charge in [0, 0.05) is 0 Å². The molecule has 0 spiro atoms. The van der Waals surface area contributed by atoms with Crippen molar-refractivity contribution in [3.05, 3.63) is 17.8 Å². The molecule has 0 aromatic carbocycles. The van der Waals surface area contributed by atoms with E-state index in [9.17, 15) is 4.79 Å². The first kappa shape index (κ1) is 15.3. The molecule has 5 heteroatoms. The minimum absolute atomic E-state index is 0.206. The van der Waals surface area contributed by atoms with Crippen LogP contribution in [0.2, 0.25) is 0 Å². The van der Waals surface area contributed by atoms with Crippen LogP contribution in [-0.2, 0) is 4.74 Å². The minimum atomic E-state index is -0.493. The van der Waals surface area contributed by atoms with Crippen molar-refractivity contribution in [1.82, 2.24) is 4.98 Å². The van der Waals surface area contributed by atoms with E-state index in [1.54, 1.807) is 6.07 Å². The molecule has 0 saturated carbocycles. The molecule has 0 fully saturated rings. The number of methoxy groups -OCH3 is 1. The Hall–Kier alpha value is -1.78. The van der Waals surface area contributed by atoms with Crippen molar-refractivity contribution >= 4 is 11.7 Å². The molecule has 1 rings (SSSR count). The molecule has 1 heterocycles. The van der Waals surface area contributed by atoms with Gasteiger partial charge in [0.25, 0.3) is 0 Å². The van der Waals surface area contributed by atoms with E-state index in [1.165, 1.54) is 32.4 Å². The van der Waals surface area contributed by atoms with Gasteiger partial charge < -0.3 is 15.2 Å². The quantitative estimate of drug-likeness (QED) is 0.578. The lowest BCUT2D eigenvalue weighted by Gasteiger charge is -2.08. The fourth-order valence-electron chi connectivity index (χ4n) is 1.66. The number of nitrogens with two attached hydrogens (primary N) is 1. The van der Waals surface area contributed by atoms with Crippen molar-refractivity contribution < 1.29 is 14.3 Å². The second kappa shape index (κ2) is 8.34. The van der Waals surface area contributed by atoms with Crippen LogP contribution in [0.25, 0.3) is 0 Å². The fraction of sp³-hybridized carbons (Fsp3) is 0.571. The lowest BCUT2D eigenvalue weighted by atomic mass is 10.2. The molecule has 0 unspecified atom stereocenters. The summed E-state index contributed by atoms with van der Waals surface area (Å²) in [6.45, 7) is 2.74. The summed E-state index contributed by atoms with van der Waals surface area (Å²) in [6, 6.07) is 3.13. The number of hydrogen-bond donors (Lipinski definition) is 1. The van der Waals surface area contributed by atoms with Gasteiger partial charge in [-0.05, 0) is 18.6 Å². The first-order chi connectivity index (χ1) is 9.19. The average molecular weight is 266 g/mol. The van der Waals surface area contributed by atoms with Gasteiger partial charge in [-0.15, -0.1) is 0 Å². The van der Waals surface area contributed by atoms with Gasteiger partial charge in [0.15, 0.2) is 5.69 Å². The molecule has 1 aromatic heterocycles. The second-order valence-corrected chi connectivity index (χ2v) is 4.35. The third-order valence-corrected chi connectivity index (χ3v) is 2.77. The number of anilines is 1. The van der Waals surface area contributed by atoms with Crippen molar-refractivity contribution in [2.45, 2.75) is 39.0 Å². The molecule has 0 aliphatic heterocycles. The van der Waals surface area contributed by atoms with Crippen LogP contribution in [0.1, 0.15) is 49.5 Å². The number of nitrogen functional groups attached to an aromatic ring is 1. The van der Waals surface area contributed by atoms with Crippen molar-refractivity contribution in [3.8, 4) is 5.88 Å². The molecule has 0 atom stereocenters. The average Bonchev–Trinajstić information content (AvgIpc) is 2.43. The highest BCUT2D eigenvalue weighted by molar-refractivity contribution is 5.87. The number of esters is 1. The molecule has 0 aliphatic rings. The largest absolute Gasteiger partial charge is 0.476 e. The molecular weight excluding hydrogens is 244 g/mol. The van der Waals surface area contributed by atoms with E-state index in [0.717, 1.165) is 12.8 Å². The van der Waals surface area contributed by atoms with E-state index in [-0.39, 0.29) is 5.69 Å².